The molecule has 5 nitrogen and oxygen atoms in total. The predicted molar refractivity (Wildman–Crippen MR) is 60.5 cm³/mol. The van der Waals surface area contributed by atoms with Crippen LogP contribution in [0.15, 0.2) is 0 Å². The molecule has 0 aromatic rings. The van der Waals surface area contributed by atoms with Crippen LogP contribution in [0, 0.1) is 17.8 Å². The van der Waals surface area contributed by atoms with Crippen molar-refractivity contribution >= 4 is 12.1 Å². The van der Waals surface area contributed by atoms with E-state index in [0.29, 0.717) is 12.3 Å². The van der Waals surface area contributed by atoms with Gasteiger partial charge in [0, 0.05) is 6.04 Å². The van der Waals surface area contributed by atoms with Gasteiger partial charge in [0.05, 0.1) is 5.92 Å². The van der Waals surface area contributed by atoms with E-state index < -0.39 is 17.7 Å². The molecule has 0 bridgehead atoms. The molecule has 0 heterocycles. The standard InChI is InChI=1S/C12H19NO4/c1-12(2,3)17-11(16)13-9-5-8(10(14)15)6-4-7(6)9/h6-9H,4-5H2,1-3H3,(H,13,16)(H,14,15)/t6-,7-,8-,9+/m1/s1. The summed E-state index contributed by atoms with van der Waals surface area (Å²) in [7, 11) is 0. The lowest BCUT2D eigenvalue weighted by Gasteiger charge is -2.22. The van der Waals surface area contributed by atoms with Crippen LogP contribution in [0.1, 0.15) is 33.6 Å². The minimum absolute atomic E-state index is 0.0315. The Morgan fingerprint density at radius 2 is 1.88 bits per heavy atom. The summed E-state index contributed by atoms with van der Waals surface area (Å²) in [5.41, 5.74) is -0.516. The number of hydrogen-bond acceptors (Lipinski definition) is 3. The van der Waals surface area contributed by atoms with Crippen molar-refractivity contribution in [3.05, 3.63) is 0 Å². The van der Waals surface area contributed by atoms with Gasteiger partial charge in [0.15, 0.2) is 0 Å². The molecule has 2 fully saturated rings. The molecule has 0 unspecified atom stereocenters. The highest BCUT2D eigenvalue weighted by Gasteiger charge is 2.57. The summed E-state index contributed by atoms with van der Waals surface area (Å²) < 4.78 is 5.16. The highest BCUT2D eigenvalue weighted by Crippen LogP contribution is 2.55. The molecule has 2 aliphatic rings. The second kappa shape index (κ2) is 3.89. The molecule has 0 aromatic carbocycles. The molecule has 96 valence electrons. The van der Waals surface area contributed by atoms with Crippen molar-refractivity contribution in [2.45, 2.75) is 45.3 Å². The maximum absolute atomic E-state index is 11.6. The number of aliphatic carboxylic acids is 1. The van der Waals surface area contributed by atoms with Gasteiger partial charge in [-0.3, -0.25) is 4.79 Å². The van der Waals surface area contributed by atoms with E-state index in [1.165, 1.54) is 0 Å². The monoisotopic (exact) mass is 241 g/mol. The lowest BCUT2D eigenvalue weighted by atomic mass is 10.0. The molecular weight excluding hydrogens is 222 g/mol. The van der Waals surface area contributed by atoms with Crippen LogP contribution in [-0.2, 0) is 9.53 Å². The van der Waals surface area contributed by atoms with Crippen LogP contribution in [0.5, 0.6) is 0 Å². The van der Waals surface area contributed by atoms with Gasteiger partial charge in [0.2, 0.25) is 0 Å². The van der Waals surface area contributed by atoms with E-state index in [-0.39, 0.29) is 17.9 Å². The number of carboxylic acids is 1. The van der Waals surface area contributed by atoms with E-state index in [1.54, 1.807) is 20.8 Å². The number of alkyl carbamates (subject to hydrolysis) is 1. The minimum atomic E-state index is -0.744. The van der Waals surface area contributed by atoms with Crippen molar-refractivity contribution in [2.75, 3.05) is 0 Å². The van der Waals surface area contributed by atoms with Gasteiger partial charge in [-0.1, -0.05) is 0 Å². The molecule has 0 radical (unpaired) electrons. The van der Waals surface area contributed by atoms with Crippen molar-refractivity contribution in [2.24, 2.45) is 17.8 Å². The Morgan fingerprint density at radius 1 is 1.24 bits per heavy atom. The highest BCUT2D eigenvalue weighted by molar-refractivity contribution is 5.73. The van der Waals surface area contributed by atoms with E-state index in [0.717, 1.165) is 6.42 Å². The molecule has 2 N–H and O–H groups in total. The van der Waals surface area contributed by atoms with Gasteiger partial charge >= 0.3 is 12.1 Å². The Labute approximate surface area is 101 Å². The van der Waals surface area contributed by atoms with Crippen LogP contribution in [-0.4, -0.2) is 28.8 Å². The van der Waals surface area contributed by atoms with Gasteiger partial charge in [-0.25, -0.2) is 4.79 Å². The van der Waals surface area contributed by atoms with Crippen molar-refractivity contribution in [3.8, 4) is 0 Å². The van der Waals surface area contributed by atoms with E-state index in [1.807, 2.05) is 0 Å². The fourth-order valence-corrected chi connectivity index (χ4v) is 2.69. The molecule has 4 atom stereocenters. The third kappa shape index (κ3) is 2.70. The van der Waals surface area contributed by atoms with Crippen LogP contribution in [0.2, 0.25) is 0 Å². The van der Waals surface area contributed by atoms with E-state index in [9.17, 15) is 9.59 Å². The summed E-state index contributed by atoms with van der Waals surface area (Å²) >= 11 is 0. The summed E-state index contributed by atoms with van der Waals surface area (Å²) in [6.07, 6.45) is 1.00. The number of carbonyl (C=O) groups is 2. The zero-order valence-corrected chi connectivity index (χ0v) is 10.4. The first-order valence-electron chi connectivity index (χ1n) is 6.00. The van der Waals surface area contributed by atoms with Crippen molar-refractivity contribution in [3.63, 3.8) is 0 Å². The number of carbonyl (C=O) groups excluding carboxylic acids is 1. The molecule has 0 saturated heterocycles. The average Bonchev–Trinajstić information content (AvgIpc) is 2.82. The topological polar surface area (TPSA) is 75.6 Å². The Bertz CT molecular complexity index is 347. The molecule has 2 rings (SSSR count). The van der Waals surface area contributed by atoms with Gasteiger partial charge in [-0.2, -0.15) is 0 Å². The first-order valence-corrected chi connectivity index (χ1v) is 6.00. The highest BCUT2D eigenvalue weighted by atomic mass is 16.6. The number of hydrogen-bond donors (Lipinski definition) is 2. The fraction of sp³-hybridized carbons (Fsp3) is 0.833. The maximum Gasteiger partial charge on any atom is 0.407 e. The van der Waals surface area contributed by atoms with E-state index in [4.69, 9.17) is 9.84 Å². The Morgan fingerprint density at radius 3 is 2.35 bits per heavy atom. The summed E-state index contributed by atoms with van der Waals surface area (Å²) in [6.45, 7) is 5.42. The second-order valence-electron chi connectivity index (χ2n) is 6.00. The summed E-state index contributed by atoms with van der Waals surface area (Å²) in [5.74, 6) is -0.443. The number of nitrogens with one attached hydrogen (secondary N) is 1. The number of carboxylic acid groups (broad SMARTS) is 1. The summed E-state index contributed by atoms with van der Waals surface area (Å²) in [5, 5.41) is 11.8. The van der Waals surface area contributed by atoms with Crippen molar-refractivity contribution in [1.82, 2.24) is 5.32 Å². The molecule has 0 aliphatic heterocycles. The fourth-order valence-electron chi connectivity index (χ4n) is 2.69. The SMILES string of the molecule is CC(C)(C)OC(=O)N[C@H]1C[C@@H](C(=O)O)[C@@H]2C[C@H]21. The third-order valence-corrected chi connectivity index (χ3v) is 3.45. The molecule has 0 aromatic heterocycles. The Balaban J connectivity index is 1.86. The van der Waals surface area contributed by atoms with E-state index >= 15 is 0 Å². The largest absolute Gasteiger partial charge is 0.481 e. The van der Waals surface area contributed by atoms with Gasteiger partial charge in [0.25, 0.3) is 0 Å². The maximum atomic E-state index is 11.6. The van der Waals surface area contributed by atoms with Gasteiger partial charge in [0.1, 0.15) is 5.60 Å². The van der Waals surface area contributed by atoms with Crippen molar-refractivity contribution < 1.29 is 19.4 Å². The van der Waals surface area contributed by atoms with Crippen LogP contribution < -0.4 is 5.32 Å². The molecule has 17 heavy (non-hydrogen) atoms. The molecule has 2 aliphatic carbocycles. The summed E-state index contributed by atoms with van der Waals surface area (Å²) in [4.78, 5) is 22.5. The van der Waals surface area contributed by atoms with Gasteiger partial charge in [-0.05, 0) is 45.4 Å². The van der Waals surface area contributed by atoms with E-state index in [2.05, 4.69) is 5.32 Å². The lowest BCUT2D eigenvalue weighted by Crippen LogP contribution is -2.39. The molecule has 1 amide bonds. The van der Waals surface area contributed by atoms with Crippen LogP contribution in [0.3, 0.4) is 0 Å². The zero-order valence-electron chi connectivity index (χ0n) is 10.4. The summed E-state index contributed by atoms with van der Waals surface area (Å²) in [6, 6.07) is -0.0315. The second-order valence-corrected chi connectivity index (χ2v) is 6.00. The van der Waals surface area contributed by atoms with Crippen LogP contribution >= 0.6 is 0 Å². The molecule has 0 spiro atoms. The van der Waals surface area contributed by atoms with Crippen molar-refractivity contribution in [1.29, 1.82) is 0 Å². The lowest BCUT2D eigenvalue weighted by molar-refractivity contribution is -0.142. The predicted octanol–water partition coefficient (Wildman–Crippen LogP) is 1.62. The Kier molecular flexibility index (Phi) is 2.79. The van der Waals surface area contributed by atoms with Crippen LogP contribution in [0.4, 0.5) is 4.79 Å². The zero-order chi connectivity index (χ0) is 12.8. The molecule has 5 heteroatoms. The Hall–Kier alpha value is -1.26. The molecular formula is C12H19NO4. The first-order chi connectivity index (χ1) is 7.78. The third-order valence-electron chi connectivity index (χ3n) is 3.45. The average molecular weight is 241 g/mol. The normalized spacial score (nSPS) is 35.0. The molecule has 2 saturated carbocycles. The van der Waals surface area contributed by atoms with Crippen LogP contribution in [0.25, 0.3) is 0 Å². The first kappa shape index (κ1) is 12.2. The van der Waals surface area contributed by atoms with Gasteiger partial charge < -0.3 is 15.2 Å². The smallest absolute Gasteiger partial charge is 0.407 e. The van der Waals surface area contributed by atoms with Gasteiger partial charge in [-0.15, -0.1) is 0 Å². The number of amides is 1. The minimum Gasteiger partial charge on any atom is -0.481 e. The number of fused-ring (bicyclic) bond motifs is 1. The number of rotatable bonds is 2. The quantitative estimate of drug-likeness (QED) is 0.770. The number of ether oxygens (including phenoxy) is 1.